The van der Waals surface area contributed by atoms with E-state index in [1.165, 1.54) is 0 Å². The summed E-state index contributed by atoms with van der Waals surface area (Å²) in [4.78, 5) is 19.7. The third kappa shape index (κ3) is 3.60. The van der Waals surface area contributed by atoms with Crippen LogP contribution in [0.5, 0.6) is 0 Å². The molecule has 1 aliphatic rings. The standard InChI is InChI=1S/C23H23N3O2S/c27-23(13-16-15-24-18-8-4-3-7-17(16)18)26-11-5-1-2-9-20(26)19-14-21(28-25-19)22-10-6-12-29-22/h3-4,6-8,10,12,14-15,20,24H,1-2,5,9,11,13H2/t20-/m1/s1. The maximum absolute atomic E-state index is 13.3. The van der Waals surface area contributed by atoms with Gasteiger partial charge in [0.15, 0.2) is 5.76 Å². The number of carbonyl (C=O) groups is 1. The van der Waals surface area contributed by atoms with E-state index < -0.39 is 0 Å². The van der Waals surface area contributed by atoms with Crippen molar-refractivity contribution in [2.75, 3.05) is 6.54 Å². The topological polar surface area (TPSA) is 62.1 Å². The zero-order chi connectivity index (χ0) is 19.6. The third-order valence-electron chi connectivity index (χ3n) is 5.72. The largest absolute Gasteiger partial charge is 0.361 e. The molecule has 1 aliphatic heterocycles. The normalized spacial score (nSPS) is 17.5. The van der Waals surface area contributed by atoms with Crippen molar-refractivity contribution in [3.05, 3.63) is 65.3 Å². The van der Waals surface area contributed by atoms with Crippen molar-refractivity contribution in [1.29, 1.82) is 0 Å². The fourth-order valence-corrected chi connectivity index (χ4v) is 4.91. The Morgan fingerprint density at radius 1 is 1.21 bits per heavy atom. The van der Waals surface area contributed by atoms with E-state index in [-0.39, 0.29) is 11.9 Å². The number of hydrogen-bond donors (Lipinski definition) is 1. The molecule has 148 valence electrons. The van der Waals surface area contributed by atoms with E-state index >= 15 is 0 Å². The third-order valence-corrected chi connectivity index (χ3v) is 6.61. The number of nitrogens with zero attached hydrogens (tertiary/aromatic N) is 2. The Labute approximate surface area is 173 Å². The number of aromatic nitrogens is 2. The van der Waals surface area contributed by atoms with Crippen LogP contribution in [-0.4, -0.2) is 27.5 Å². The molecule has 1 aromatic carbocycles. The molecule has 0 unspecified atom stereocenters. The Morgan fingerprint density at radius 2 is 2.14 bits per heavy atom. The van der Waals surface area contributed by atoms with Gasteiger partial charge in [-0.2, -0.15) is 0 Å². The maximum atomic E-state index is 13.3. The Balaban J connectivity index is 1.41. The minimum Gasteiger partial charge on any atom is -0.361 e. The summed E-state index contributed by atoms with van der Waals surface area (Å²) >= 11 is 1.63. The van der Waals surface area contributed by atoms with Crippen molar-refractivity contribution in [1.82, 2.24) is 15.0 Å². The van der Waals surface area contributed by atoms with Crippen LogP contribution in [0.25, 0.3) is 21.5 Å². The van der Waals surface area contributed by atoms with E-state index in [2.05, 4.69) is 16.2 Å². The van der Waals surface area contributed by atoms with Crippen LogP contribution in [0, 0.1) is 0 Å². The van der Waals surface area contributed by atoms with Gasteiger partial charge < -0.3 is 14.4 Å². The molecule has 6 heteroatoms. The van der Waals surface area contributed by atoms with E-state index in [9.17, 15) is 4.79 Å². The van der Waals surface area contributed by atoms with Crippen molar-refractivity contribution in [3.63, 3.8) is 0 Å². The molecule has 3 aromatic heterocycles. The summed E-state index contributed by atoms with van der Waals surface area (Å²) in [7, 11) is 0. The first-order valence-corrected chi connectivity index (χ1v) is 11.0. The van der Waals surface area contributed by atoms with Gasteiger partial charge in [-0.15, -0.1) is 11.3 Å². The molecule has 0 radical (unpaired) electrons. The molecule has 0 saturated carbocycles. The Kier molecular flexibility index (Phi) is 4.94. The summed E-state index contributed by atoms with van der Waals surface area (Å²) in [6.45, 7) is 0.771. The van der Waals surface area contributed by atoms with E-state index in [0.29, 0.717) is 6.42 Å². The number of carbonyl (C=O) groups excluding carboxylic acids is 1. The molecule has 0 aliphatic carbocycles. The highest BCUT2D eigenvalue weighted by Crippen LogP contribution is 2.34. The fourth-order valence-electron chi connectivity index (χ4n) is 4.24. The molecule has 1 fully saturated rings. The SMILES string of the molecule is O=C(Cc1c[nH]c2ccccc12)N1CCCCC[C@@H]1c1cc(-c2cccs2)on1. The van der Waals surface area contributed by atoms with Crippen LogP contribution < -0.4 is 0 Å². The summed E-state index contributed by atoms with van der Waals surface area (Å²) < 4.78 is 5.61. The number of rotatable bonds is 4. The van der Waals surface area contributed by atoms with Crippen molar-refractivity contribution < 1.29 is 9.32 Å². The van der Waals surface area contributed by atoms with Crippen molar-refractivity contribution >= 4 is 28.1 Å². The number of fused-ring (bicyclic) bond motifs is 1. The molecule has 5 nitrogen and oxygen atoms in total. The molecule has 1 N–H and O–H groups in total. The second-order valence-electron chi connectivity index (χ2n) is 7.58. The molecule has 0 bridgehead atoms. The van der Waals surface area contributed by atoms with Crippen LogP contribution in [-0.2, 0) is 11.2 Å². The van der Waals surface area contributed by atoms with Gasteiger partial charge in [-0.05, 0) is 35.9 Å². The molecule has 29 heavy (non-hydrogen) atoms. The predicted molar refractivity (Wildman–Crippen MR) is 115 cm³/mol. The van der Waals surface area contributed by atoms with E-state index in [1.54, 1.807) is 11.3 Å². The average Bonchev–Trinajstić information content (AvgIpc) is 3.47. The number of H-pyrrole nitrogens is 1. The first-order valence-electron chi connectivity index (χ1n) is 10.1. The van der Waals surface area contributed by atoms with E-state index in [1.807, 2.05) is 52.9 Å². The number of likely N-dealkylation sites (tertiary alicyclic amines) is 1. The lowest BCUT2D eigenvalue weighted by Gasteiger charge is -2.28. The van der Waals surface area contributed by atoms with Crippen LogP contribution in [0.1, 0.15) is 43.0 Å². The highest BCUT2D eigenvalue weighted by molar-refractivity contribution is 7.13. The molecule has 1 atom stereocenters. The van der Waals surface area contributed by atoms with Crippen LogP contribution in [0.15, 0.2) is 58.6 Å². The van der Waals surface area contributed by atoms with Crippen molar-refractivity contribution in [3.8, 4) is 10.6 Å². The average molecular weight is 406 g/mol. The summed E-state index contributed by atoms with van der Waals surface area (Å²) in [6, 6.07) is 14.2. The van der Waals surface area contributed by atoms with Crippen LogP contribution >= 0.6 is 11.3 Å². The number of nitrogens with one attached hydrogen (secondary N) is 1. The van der Waals surface area contributed by atoms with Gasteiger partial charge >= 0.3 is 0 Å². The molecule has 1 amide bonds. The number of benzene rings is 1. The van der Waals surface area contributed by atoms with Crippen molar-refractivity contribution in [2.24, 2.45) is 0 Å². The molecular formula is C23H23N3O2S. The highest BCUT2D eigenvalue weighted by atomic mass is 32.1. The first kappa shape index (κ1) is 18.2. The lowest BCUT2D eigenvalue weighted by molar-refractivity contribution is -0.133. The van der Waals surface area contributed by atoms with Crippen LogP contribution in [0.4, 0.5) is 0 Å². The van der Waals surface area contributed by atoms with Gasteiger partial charge in [-0.25, -0.2) is 0 Å². The van der Waals surface area contributed by atoms with E-state index in [0.717, 1.165) is 65.0 Å². The van der Waals surface area contributed by atoms with E-state index in [4.69, 9.17) is 4.52 Å². The van der Waals surface area contributed by atoms with Gasteiger partial charge in [0.05, 0.1) is 17.3 Å². The maximum Gasteiger partial charge on any atom is 0.227 e. The molecule has 1 saturated heterocycles. The first-order chi connectivity index (χ1) is 14.3. The second kappa shape index (κ2) is 7.87. The monoisotopic (exact) mass is 405 g/mol. The zero-order valence-corrected chi connectivity index (χ0v) is 17.0. The predicted octanol–water partition coefficient (Wildman–Crippen LogP) is 5.57. The number of amides is 1. The van der Waals surface area contributed by atoms with Crippen LogP contribution in [0.2, 0.25) is 0 Å². The lowest BCUT2D eigenvalue weighted by Crippen LogP contribution is -2.36. The summed E-state index contributed by atoms with van der Waals surface area (Å²) in [5.74, 6) is 0.936. The minimum absolute atomic E-state index is 0.0207. The van der Waals surface area contributed by atoms with Crippen molar-refractivity contribution in [2.45, 2.75) is 38.1 Å². The molecule has 0 spiro atoms. The number of thiophene rings is 1. The summed E-state index contributed by atoms with van der Waals surface area (Å²) in [6.07, 6.45) is 6.56. The van der Waals surface area contributed by atoms with Gasteiger partial charge in [0, 0.05) is 29.7 Å². The molecular weight excluding hydrogens is 382 g/mol. The summed E-state index contributed by atoms with van der Waals surface area (Å²) in [5.41, 5.74) is 2.98. The number of hydrogen-bond acceptors (Lipinski definition) is 4. The zero-order valence-electron chi connectivity index (χ0n) is 16.1. The molecule has 5 rings (SSSR count). The van der Waals surface area contributed by atoms with Gasteiger partial charge in [0.1, 0.15) is 5.69 Å². The van der Waals surface area contributed by atoms with Gasteiger partial charge in [0.2, 0.25) is 5.91 Å². The number of aromatic amines is 1. The second-order valence-corrected chi connectivity index (χ2v) is 8.53. The Bertz CT molecular complexity index is 1110. The van der Waals surface area contributed by atoms with Gasteiger partial charge in [0.25, 0.3) is 0 Å². The molecule has 4 aromatic rings. The smallest absolute Gasteiger partial charge is 0.227 e. The number of para-hydroxylation sites is 1. The van der Waals surface area contributed by atoms with Gasteiger partial charge in [-0.3, -0.25) is 4.79 Å². The summed E-state index contributed by atoms with van der Waals surface area (Å²) in [5, 5.41) is 7.50. The lowest BCUT2D eigenvalue weighted by atomic mass is 10.0. The minimum atomic E-state index is -0.0207. The molecule has 4 heterocycles. The van der Waals surface area contributed by atoms with Crippen LogP contribution in [0.3, 0.4) is 0 Å². The Hall–Kier alpha value is -2.86. The van der Waals surface area contributed by atoms with Gasteiger partial charge in [-0.1, -0.05) is 42.3 Å². The highest BCUT2D eigenvalue weighted by Gasteiger charge is 2.29. The quantitative estimate of drug-likeness (QED) is 0.483. The fraction of sp³-hybridized carbons (Fsp3) is 0.304. The Morgan fingerprint density at radius 3 is 3.03 bits per heavy atom.